The van der Waals surface area contributed by atoms with E-state index >= 15 is 0 Å². The minimum atomic E-state index is -0.934. The third-order valence-corrected chi connectivity index (χ3v) is 8.67. The molecule has 3 aliphatic heterocycles. The molecule has 0 aromatic heterocycles. The van der Waals surface area contributed by atoms with Crippen molar-refractivity contribution >= 4 is 79.2 Å². The number of thioether (sulfide) groups is 2. The van der Waals surface area contributed by atoms with Gasteiger partial charge in [-0.1, -0.05) is 39.8 Å². The maximum atomic E-state index is 13.4. The van der Waals surface area contributed by atoms with Crippen LogP contribution in [0.4, 0.5) is 15.3 Å². The minimum absolute atomic E-state index is 0.0638. The molecule has 3 aliphatic rings. The van der Waals surface area contributed by atoms with Gasteiger partial charge >= 0.3 is 0 Å². The number of halogens is 1. The van der Waals surface area contributed by atoms with E-state index in [-0.39, 0.29) is 43.1 Å². The summed E-state index contributed by atoms with van der Waals surface area (Å²) in [6.45, 7) is -0.0547. The van der Waals surface area contributed by atoms with Gasteiger partial charge < -0.3 is 4.90 Å². The Morgan fingerprint density at radius 3 is 2.00 bits per heavy atom. The van der Waals surface area contributed by atoms with Gasteiger partial charge in [0.2, 0.25) is 5.91 Å². The van der Waals surface area contributed by atoms with Crippen LogP contribution in [0.25, 0.3) is 0 Å². The van der Waals surface area contributed by atoms with Crippen LogP contribution >= 0.6 is 39.5 Å². The molecule has 0 saturated carbocycles. The van der Waals surface area contributed by atoms with E-state index in [2.05, 4.69) is 15.9 Å². The summed E-state index contributed by atoms with van der Waals surface area (Å²) >= 11 is 5.12. The first kappa shape index (κ1) is 25.5. The molecule has 190 valence electrons. The Hall–Kier alpha value is -3.16. The number of rotatable bonds is 8. The van der Waals surface area contributed by atoms with Crippen LogP contribution in [0.15, 0.2) is 53.0 Å². The minimum Gasteiger partial charge on any atom is -0.349 e. The number of benzene rings is 2. The molecule has 0 spiro atoms. The number of anilines is 1. The fraction of sp³-hybridized carbons (Fsp3) is 0.250. The van der Waals surface area contributed by atoms with E-state index in [1.54, 1.807) is 53.4 Å². The first-order valence-electron chi connectivity index (χ1n) is 11.2. The quantitative estimate of drug-likeness (QED) is 0.420. The van der Waals surface area contributed by atoms with Gasteiger partial charge in [-0.2, -0.15) is 0 Å². The fourth-order valence-corrected chi connectivity index (χ4v) is 6.39. The zero-order valence-electron chi connectivity index (χ0n) is 19.2. The van der Waals surface area contributed by atoms with Crippen molar-refractivity contribution in [2.45, 2.75) is 5.37 Å². The molecule has 0 aliphatic carbocycles. The summed E-state index contributed by atoms with van der Waals surface area (Å²) in [5.74, 6) is -1.63. The molecule has 5 rings (SSSR count). The average molecular weight is 603 g/mol. The highest BCUT2D eigenvalue weighted by atomic mass is 79.9. The SMILES string of the molecule is O=C1CSC(=O)N1CCN(c1ccc(Br)cc1)[C@H]1SC(=O)N(CCN2C(=O)c3ccccc3C2=O)C1=O. The molecule has 6 amide bonds. The zero-order valence-corrected chi connectivity index (χ0v) is 22.4. The molecule has 2 aromatic carbocycles. The van der Waals surface area contributed by atoms with E-state index in [0.717, 1.165) is 42.7 Å². The van der Waals surface area contributed by atoms with Crippen molar-refractivity contribution in [1.82, 2.24) is 14.7 Å². The maximum absolute atomic E-state index is 13.4. The summed E-state index contributed by atoms with van der Waals surface area (Å²) < 4.78 is 0.821. The Morgan fingerprint density at radius 1 is 0.784 bits per heavy atom. The number of carbonyl (C=O) groups is 6. The molecule has 3 heterocycles. The Morgan fingerprint density at radius 2 is 1.41 bits per heavy atom. The lowest BCUT2D eigenvalue weighted by Gasteiger charge is -2.30. The monoisotopic (exact) mass is 602 g/mol. The van der Waals surface area contributed by atoms with E-state index in [9.17, 15) is 28.8 Å². The third kappa shape index (κ3) is 4.78. The number of fused-ring (bicyclic) bond motifs is 1. The molecular weight excluding hydrogens is 584 g/mol. The van der Waals surface area contributed by atoms with Crippen LogP contribution in [0.5, 0.6) is 0 Å². The Kier molecular flexibility index (Phi) is 7.10. The lowest BCUT2D eigenvalue weighted by atomic mass is 10.1. The van der Waals surface area contributed by atoms with E-state index < -0.39 is 28.3 Å². The second-order valence-electron chi connectivity index (χ2n) is 8.30. The van der Waals surface area contributed by atoms with Crippen LogP contribution in [0, 0.1) is 0 Å². The number of nitrogens with zero attached hydrogens (tertiary/aromatic N) is 4. The number of hydrogen-bond acceptors (Lipinski definition) is 9. The normalized spacial score (nSPS) is 19.5. The van der Waals surface area contributed by atoms with Crippen molar-refractivity contribution < 1.29 is 28.8 Å². The highest BCUT2D eigenvalue weighted by molar-refractivity contribution is 9.10. The van der Waals surface area contributed by atoms with E-state index in [0.29, 0.717) is 16.8 Å². The van der Waals surface area contributed by atoms with Crippen molar-refractivity contribution in [3.05, 3.63) is 64.1 Å². The van der Waals surface area contributed by atoms with Crippen molar-refractivity contribution in [3.63, 3.8) is 0 Å². The standard InChI is InChI=1S/C24H19BrN4O6S2/c25-14-5-7-15(8-6-14)26(9-10-27-18(30)13-36-23(27)34)22-21(33)29(24(35)37-22)12-11-28-19(31)16-3-1-2-4-17(16)20(28)32/h1-8,22H,9-13H2/t22-/m0/s1. The molecule has 2 saturated heterocycles. The van der Waals surface area contributed by atoms with Gasteiger partial charge in [0, 0.05) is 36.3 Å². The maximum Gasteiger partial charge on any atom is 0.290 e. The number of imide groups is 3. The predicted molar refractivity (Wildman–Crippen MR) is 141 cm³/mol. The lowest BCUT2D eigenvalue weighted by Crippen LogP contribution is -2.47. The second kappa shape index (κ2) is 10.3. The van der Waals surface area contributed by atoms with Crippen LogP contribution in [-0.2, 0) is 9.59 Å². The molecule has 10 nitrogen and oxygen atoms in total. The van der Waals surface area contributed by atoms with Crippen LogP contribution in [0.2, 0.25) is 0 Å². The van der Waals surface area contributed by atoms with Crippen LogP contribution in [0.3, 0.4) is 0 Å². The molecular formula is C24H19BrN4O6S2. The zero-order chi connectivity index (χ0) is 26.3. The van der Waals surface area contributed by atoms with Gasteiger partial charge in [-0.3, -0.25) is 43.5 Å². The highest BCUT2D eigenvalue weighted by Crippen LogP contribution is 2.34. The van der Waals surface area contributed by atoms with Gasteiger partial charge in [-0.15, -0.1) is 0 Å². The Balaban J connectivity index is 1.31. The van der Waals surface area contributed by atoms with Gasteiger partial charge in [0.15, 0.2) is 5.37 Å². The largest absolute Gasteiger partial charge is 0.349 e. The van der Waals surface area contributed by atoms with Gasteiger partial charge in [-0.05, 0) is 48.2 Å². The Bertz CT molecular complexity index is 1290. The van der Waals surface area contributed by atoms with Gasteiger partial charge in [0.1, 0.15) is 0 Å². The van der Waals surface area contributed by atoms with Crippen molar-refractivity contribution in [2.24, 2.45) is 0 Å². The third-order valence-electron chi connectivity index (χ3n) is 6.18. The van der Waals surface area contributed by atoms with E-state index in [1.807, 2.05) is 0 Å². The summed E-state index contributed by atoms with van der Waals surface area (Å²) in [6.07, 6.45) is 0. The molecule has 2 fully saturated rings. The van der Waals surface area contributed by atoms with Crippen molar-refractivity contribution in [1.29, 1.82) is 0 Å². The van der Waals surface area contributed by atoms with Gasteiger partial charge in [0.25, 0.3) is 28.2 Å². The molecule has 0 unspecified atom stereocenters. The fourth-order valence-electron chi connectivity index (χ4n) is 4.29. The van der Waals surface area contributed by atoms with E-state index in [4.69, 9.17) is 0 Å². The van der Waals surface area contributed by atoms with Crippen molar-refractivity contribution in [2.75, 3.05) is 36.8 Å². The number of amides is 6. The number of carbonyl (C=O) groups excluding carboxylic acids is 6. The first-order valence-corrected chi connectivity index (χ1v) is 13.9. The number of hydrogen-bond donors (Lipinski definition) is 0. The topological polar surface area (TPSA) is 115 Å². The smallest absolute Gasteiger partial charge is 0.290 e. The van der Waals surface area contributed by atoms with Crippen molar-refractivity contribution in [3.8, 4) is 0 Å². The molecule has 37 heavy (non-hydrogen) atoms. The van der Waals surface area contributed by atoms with Crippen LogP contribution in [0.1, 0.15) is 20.7 Å². The van der Waals surface area contributed by atoms with E-state index in [1.165, 1.54) is 0 Å². The summed E-state index contributed by atoms with van der Waals surface area (Å²) in [5.41, 5.74) is 1.23. The second-order valence-corrected chi connectivity index (χ2v) is 11.2. The van der Waals surface area contributed by atoms with Gasteiger partial charge in [-0.25, -0.2) is 0 Å². The molecule has 1 atom stereocenters. The Labute approximate surface area is 228 Å². The summed E-state index contributed by atoms with van der Waals surface area (Å²) in [6, 6.07) is 13.6. The summed E-state index contributed by atoms with van der Waals surface area (Å²) in [4.78, 5) is 80.6. The summed E-state index contributed by atoms with van der Waals surface area (Å²) in [7, 11) is 0. The molecule has 0 N–H and O–H groups in total. The van der Waals surface area contributed by atoms with Gasteiger partial charge in [0.05, 0.1) is 16.9 Å². The molecule has 0 bridgehead atoms. The summed E-state index contributed by atoms with van der Waals surface area (Å²) in [5, 5.41) is -1.78. The van der Waals surface area contributed by atoms with Crippen LogP contribution < -0.4 is 4.90 Å². The molecule has 13 heteroatoms. The molecule has 2 aromatic rings. The van der Waals surface area contributed by atoms with Crippen LogP contribution in [-0.4, -0.2) is 86.1 Å². The predicted octanol–water partition coefficient (Wildman–Crippen LogP) is 3.27. The average Bonchev–Trinajstić information content (AvgIpc) is 3.45. The highest BCUT2D eigenvalue weighted by Gasteiger charge is 2.45. The first-order chi connectivity index (χ1) is 17.8. The molecule has 0 radical (unpaired) electrons. The lowest BCUT2D eigenvalue weighted by molar-refractivity contribution is -0.126.